The maximum absolute atomic E-state index is 5.47. The molecular formula is C13H24N2O4. The van der Waals surface area contributed by atoms with E-state index in [9.17, 15) is 0 Å². The lowest BCUT2D eigenvalue weighted by Gasteiger charge is -2.05. The molecule has 19 heavy (non-hydrogen) atoms. The van der Waals surface area contributed by atoms with Crippen molar-refractivity contribution >= 4 is 0 Å². The number of oxazole rings is 1. The minimum absolute atomic E-state index is 0.600. The fraction of sp³-hybridized carbons (Fsp3) is 0.769. The first-order chi connectivity index (χ1) is 9.36. The summed E-state index contributed by atoms with van der Waals surface area (Å²) in [5.41, 5.74) is 0. The summed E-state index contributed by atoms with van der Waals surface area (Å²) in [6, 6.07) is 0. The van der Waals surface area contributed by atoms with Crippen LogP contribution in [0.15, 0.2) is 10.6 Å². The highest BCUT2D eigenvalue weighted by Crippen LogP contribution is 2.03. The van der Waals surface area contributed by atoms with Crippen molar-refractivity contribution < 1.29 is 18.6 Å². The molecule has 1 rings (SSSR count). The Balaban J connectivity index is 1.86. The van der Waals surface area contributed by atoms with Gasteiger partial charge in [-0.3, -0.25) is 0 Å². The molecule has 1 aromatic heterocycles. The number of nitrogens with one attached hydrogen (secondary N) is 1. The van der Waals surface area contributed by atoms with Gasteiger partial charge in [-0.1, -0.05) is 6.92 Å². The van der Waals surface area contributed by atoms with Crippen molar-refractivity contribution in [3.63, 3.8) is 0 Å². The summed E-state index contributed by atoms with van der Waals surface area (Å²) in [6.45, 7) is 6.53. The van der Waals surface area contributed by atoms with Gasteiger partial charge in [-0.2, -0.15) is 0 Å². The van der Waals surface area contributed by atoms with Crippen molar-refractivity contribution in [1.29, 1.82) is 0 Å². The van der Waals surface area contributed by atoms with Gasteiger partial charge in [0.15, 0.2) is 0 Å². The summed E-state index contributed by atoms with van der Waals surface area (Å²) in [4.78, 5) is 4.16. The number of methoxy groups -OCH3 is 1. The van der Waals surface area contributed by atoms with Crippen LogP contribution in [-0.4, -0.2) is 51.7 Å². The Hall–Kier alpha value is -0.950. The topological polar surface area (TPSA) is 65.8 Å². The largest absolute Gasteiger partial charge is 0.444 e. The van der Waals surface area contributed by atoms with Gasteiger partial charge in [0.2, 0.25) is 5.89 Å². The Kier molecular flexibility index (Phi) is 9.26. The van der Waals surface area contributed by atoms with Gasteiger partial charge in [0.05, 0.1) is 45.8 Å². The van der Waals surface area contributed by atoms with Crippen molar-refractivity contribution in [3.8, 4) is 0 Å². The number of aromatic nitrogens is 1. The minimum Gasteiger partial charge on any atom is -0.444 e. The van der Waals surface area contributed by atoms with Gasteiger partial charge in [-0.25, -0.2) is 4.98 Å². The molecule has 0 radical (unpaired) electrons. The van der Waals surface area contributed by atoms with Crippen LogP contribution in [0, 0.1) is 0 Å². The first-order valence-corrected chi connectivity index (χ1v) is 6.65. The first-order valence-electron chi connectivity index (χ1n) is 6.65. The summed E-state index contributed by atoms with van der Waals surface area (Å²) in [5.74, 6) is 1.64. The summed E-state index contributed by atoms with van der Waals surface area (Å²) < 4.78 is 21.0. The van der Waals surface area contributed by atoms with Crippen molar-refractivity contribution in [2.75, 3.05) is 46.7 Å². The molecule has 6 heteroatoms. The zero-order chi connectivity index (χ0) is 13.8. The van der Waals surface area contributed by atoms with E-state index in [4.69, 9.17) is 18.6 Å². The molecule has 0 aliphatic rings. The Morgan fingerprint density at radius 3 is 2.58 bits per heavy atom. The molecule has 0 atom stereocenters. The van der Waals surface area contributed by atoms with E-state index in [0.29, 0.717) is 39.6 Å². The Labute approximate surface area is 114 Å². The molecule has 1 heterocycles. The van der Waals surface area contributed by atoms with Crippen LogP contribution in [0.3, 0.4) is 0 Å². The lowest BCUT2D eigenvalue weighted by molar-refractivity contribution is 0.0255. The van der Waals surface area contributed by atoms with E-state index >= 15 is 0 Å². The second-order valence-corrected chi connectivity index (χ2v) is 3.97. The van der Waals surface area contributed by atoms with Crippen molar-refractivity contribution in [2.24, 2.45) is 0 Å². The summed E-state index contributed by atoms with van der Waals surface area (Å²) in [5, 5.41) is 3.21. The number of hydrogen-bond donors (Lipinski definition) is 1. The van der Waals surface area contributed by atoms with Crippen molar-refractivity contribution in [2.45, 2.75) is 19.9 Å². The Morgan fingerprint density at radius 1 is 1.16 bits per heavy atom. The average Bonchev–Trinajstić information content (AvgIpc) is 2.89. The molecular weight excluding hydrogens is 248 g/mol. The number of ether oxygens (including phenoxy) is 3. The van der Waals surface area contributed by atoms with E-state index in [1.807, 2.05) is 6.92 Å². The highest BCUT2D eigenvalue weighted by Gasteiger charge is 2.00. The van der Waals surface area contributed by atoms with Gasteiger partial charge in [-0.15, -0.1) is 0 Å². The Morgan fingerprint density at radius 2 is 1.89 bits per heavy atom. The monoisotopic (exact) mass is 272 g/mol. The van der Waals surface area contributed by atoms with Crippen LogP contribution >= 0.6 is 0 Å². The summed E-state index contributed by atoms with van der Waals surface area (Å²) in [6.07, 6.45) is 2.64. The van der Waals surface area contributed by atoms with Gasteiger partial charge in [-0.05, 0) is 0 Å². The SMILES string of the molecule is CCc1cnc(CNCCOCCOCCOC)o1. The lowest BCUT2D eigenvalue weighted by Crippen LogP contribution is -2.20. The normalized spacial score (nSPS) is 11.1. The van der Waals surface area contributed by atoms with Crippen LogP contribution in [0.2, 0.25) is 0 Å². The van der Waals surface area contributed by atoms with E-state index in [2.05, 4.69) is 10.3 Å². The van der Waals surface area contributed by atoms with Crippen LogP contribution in [0.5, 0.6) is 0 Å². The first kappa shape index (κ1) is 16.1. The fourth-order valence-corrected chi connectivity index (χ4v) is 1.40. The van der Waals surface area contributed by atoms with E-state index in [-0.39, 0.29) is 0 Å². The van der Waals surface area contributed by atoms with E-state index in [1.54, 1.807) is 13.3 Å². The molecule has 0 saturated heterocycles. The van der Waals surface area contributed by atoms with Crippen molar-refractivity contribution in [3.05, 3.63) is 17.8 Å². The Bertz CT molecular complexity index is 317. The van der Waals surface area contributed by atoms with Gasteiger partial charge in [0.25, 0.3) is 0 Å². The maximum Gasteiger partial charge on any atom is 0.208 e. The van der Waals surface area contributed by atoms with E-state index in [0.717, 1.165) is 24.6 Å². The molecule has 0 aromatic carbocycles. The van der Waals surface area contributed by atoms with E-state index < -0.39 is 0 Å². The highest BCUT2D eigenvalue weighted by molar-refractivity contribution is 4.93. The smallest absolute Gasteiger partial charge is 0.208 e. The molecule has 0 amide bonds. The highest BCUT2D eigenvalue weighted by atomic mass is 16.5. The third kappa shape index (κ3) is 7.94. The van der Waals surface area contributed by atoms with Gasteiger partial charge >= 0.3 is 0 Å². The molecule has 0 spiro atoms. The van der Waals surface area contributed by atoms with Gasteiger partial charge < -0.3 is 23.9 Å². The molecule has 0 saturated carbocycles. The number of hydrogen-bond acceptors (Lipinski definition) is 6. The quantitative estimate of drug-likeness (QED) is 0.573. The number of rotatable bonds is 12. The van der Waals surface area contributed by atoms with Crippen LogP contribution in [0.25, 0.3) is 0 Å². The number of aryl methyl sites for hydroxylation is 1. The molecule has 0 unspecified atom stereocenters. The van der Waals surface area contributed by atoms with Crippen LogP contribution in [-0.2, 0) is 27.2 Å². The van der Waals surface area contributed by atoms with Gasteiger partial charge in [0.1, 0.15) is 5.76 Å². The second kappa shape index (κ2) is 10.9. The molecule has 0 aliphatic heterocycles. The van der Waals surface area contributed by atoms with Crippen molar-refractivity contribution in [1.82, 2.24) is 10.3 Å². The van der Waals surface area contributed by atoms with Gasteiger partial charge in [0, 0.05) is 20.1 Å². The molecule has 6 nitrogen and oxygen atoms in total. The van der Waals surface area contributed by atoms with Crippen LogP contribution < -0.4 is 5.32 Å². The fourth-order valence-electron chi connectivity index (χ4n) is 1.40. The molecule has 110 valence electrons. The lowest BCUT2D eigenvalue weighted by atomic mass is 10.4. The minimum atomic E-state index is 0.600. The molecule has 1 aromatic rings. The predicted molar refractivity (Wildman–Crippen MR) is 71.1 cm³/mol. The second-order valence-electron chi connectivity index (χ2n) is 3.97. The maximum atomic E-state index is 5.47. The molecule has 0 fully saturated rings. The third-order valence-corrected chi connectivity index (χ3v) is 2.45. The zero-order valence-electron chi connectivity index (χ0n) is 11.8. The summed E-state index contributed by atoms with van der Waals surface area (Å²) >= 11 is 0. The summed E-state index contributed by atoms with van der Waals surface area (Å²) in [7, 11) is 1.66. The van der Waals surface area contributed by atoms with E-state index in [1.165, 1.54) is 0 Å². The third-order valence-electron chi connectivity index (χ3n) is 2.45. The molecule has 1 N–H and O–H groups in total. The predicted octanol–water partition coefficient (Wildman–Crippen LogP) is 1.01. The van der Waals surface area contributed by atoms with Crippen LogP contribution in [0.4, 0.5) is 0 Å². The average molecular weight is 272 g/mol. The van der Waals surface area contributed by atoms with Crippen LogP contribution in [0.1, 0.15) is 18.6 Å². The molecule has 0 bridgehead atoms. The standard InChI is InChI=1S/C13H24N2O4/c1-3-12-10-15-13(19-12)11-14-4-5-17-8-9-18-7-6-16-2/h10,14H,3-9,11H2,1-2H3. The zero-order valence-corrected chi connectivity index (χ0v) is 11.8. The number of nitrogens with zero attached hydrogens (tertiary/aromatic N) is 1. The molecule has 0 aliphatic carbocycles.